The number of fused-ring (bicyclic) bond motifs is 1. The summed E-state index contributed by atoms with van der Waals surface area (Å²) in [5.74, 6) is 1.35. The molecule has 0 unspecified atom stereocenters. The van der Waals surface area contributed by atoms with Gasteiger partial charge in [0.25, 0.3) is 0 Å². The van der Waals surface area contributed by atoms with Crippen LogP contribution >= 0.6 is 0 Å². The van der Waals surface area contributed by atoms with Crippen LogP contribution in [0.25, 0.3) is 11.0 Å². The molecule has 21 heavy (non-hydrogen) atoms. The highest BCUT2D eigenvalue weighted by molar-refractivity contribution is 5.86. The molecule has 0 atom stereocenters. The van der Waals surface area contributed by atoms with Crippen molar-refractivity contribution in [1.82, 2.24) is 20.2 Å². The molecular formula is C14H22N6O. The number of rotatable bonds is 6. The zero-order valence-corrected chi connectivity index (χ0v) is 12.4. The lowest BCUT2D eigenvalue weighted by molar-refractivity contribution is 0.0347. The molecule has 2 aromatic heterocycles. The number of anilines is 2. The lowest BCUT2D eigenvalue weighted by Gasteiger charge is -2.22. The topological polar surface area (TPSA) is 87.8 Å². The van der Waals surface area contributed by atoms with Gasteiger partial charge in [-0.2, -0.15) is 15.1 Å². The molecule has 0 bridgehead atoms. The van der Waals surface area contributed by atoms with Crippen LogP contribution in [0.4, 0.5) is 11.8 Å². The molecule has 2 heterocycles. The number of hydrogen-bond acceptors (Lipinski definition) is 6. The number of aromatic nitrogens is 4. The third-order valence-electron chi connectivity index (χ3n) is 3.83. The SMILES string of the molecule is CNc1nc(NCCOC2CCCCC2)c2cn[nH]c2n1. The minimum atomic E-state index is 0.438. The maximum Gasteiger partial charge on any atom is 0.226 e. The van der Waals surface area contributed by atoms with Gasteiger partial charge in [-0.05, 0) is 12.8 Å². The lowest BCUT2D eigenvalue weighted by Crippen LogP contribution is -2.20. The first-order chi connectivity index (χ1) is 10.4. The molecule has 0 aromatic carbocycles. The molecule has 3 rings (SSSR count). The summed E-state index contributed by atoms with van der Waals surface area (Å²) in [6, 6.07) is 0. The van der Waals surface area contributed by atoms with Gasteiger partial charge in [-0.3, -0.25) is 5.10 Å². The Bertz CT molecular complexity index is 578. The Morgan fingerprint density at radius 2 is 2.14 bits per heavy atom. The monoisotopic (exact) mass is 290 g/mol. The predicted molar refractivity (Wildman–Crippen MR) is 82.5 cm³/mol. The molecule has 0 radical (unpaired) electrons. The van der Waals surface area contributed by atoms with Crippen LogP contribution in [0.1, 0.15) is 32.1 Å². The first-order valence-electron chi connectivity index (χ1n) is 7.61. The Labute approximate surface area is 123 Å². The van der Waals surface area contributed by atoms with E-state index >= 15 is 0 Å². The molecule has 0 aliphatic heterocycles. The van der Waals surface area contributed by atoms with Gasteiger partial charge in [-0.1, -0.05) is 19.3 Å². The van der Waals surface area contributed by atoms with E-state index in [4.69, 9.17) is 4.74 Å². The molecular weight excluding hydrogens is 268 g/mol. The Kier molecular flexibility index (Phi) is 4.49. The Morgan fingerprint density at radius 1 is 1.29 bits per heavy atom. The van der Waals surface area contributed by atoms with Gasteiger partial charge < -0.3 is 15.4 Å². The Balaban J connectivity index is 1.55. The second kappa shape index (κ2) is 6.71. The molecule has 0 spiro atoms. The highest BCUT2D eigenvalue weighted by Crippen LogP contribution is 2.21. The van der Waals surface area contributed by atoms with Crippen LogP contribution in [0.15, 0.2) is 6.20 Å². The van der Waals surface area contributed by atoms with E-state index < -0.39 is 0 Å². The fourth-order valence-electron chi connectivity index (χ4n) is 2.71. The predicted octanol–water partition coefficient (Wildman–Crippen LogP) is 2.16. The van der Waals surface area contributed by atoms with Crippen molar-refractivity contribution in [2.45, 2.75) is 38.2 Å². The molecule has 0 saturated heterocycles. The van der Waals surface area contributed by atoms with Crippen LogP contribution in [0, 0.1) is 0 Å². The van der Waals surface area contributed by atoms with Crippen LogP contribution in [0.3, 0.4) is 0 Å². The molecule has 7 heteroatoms. The zero-order chi connectivity index (χ0) is 14.5. The standard InChI is InChI=1S/C14H22N6O/c1-15-14-18-12(11-9-17-20-13(11)19-14)16-7-8-21-10-5-3-2-4-6-10/h9-10H,2-8H2,1H3,(H3,15,16,17,18,19,20). The summed E-state index contributed by atoms with van der Waals surface area (Å²) >= 11 is 0. The van der Waals surface area contributed by atoms with Crippen molar-refractivity contribution in [3.8, 4) is 0 Å². The van der Waals surface area contributed by atoms with Crippen molar-refractivity contribution >= 4 is 22.8 Å². The largest absolute Gasteiger partial charge is 0.376 e. The quantitative estimate of drug-likeness (QED) is 0.707. The van der Waals surface area contributed by atoms with Gasteiger partial charge >= 0.3 is 0 Å². The Morgan fingerprint density at radius 3 is 2.95 bits per heavy atom. The van der Waals surface area contributed by atoms with Crippen molar-refractivity contribution in [2.75, 3.05) is 30.8 Å². The lowest BCUT2D eigenvalue weighted by atomic mass is 9.98. The number of hydrogen-bond donors (Lipinski definition) is 3. The molecule has 0 amide bonds. The summed E-state index contributed by atoms with van der Waals surface area (Å²) in [6.07, 6.45) is 8.51. The normalized spacial score (nSPS) is 16.2. The molecule has 1 aliphatic rings. The van der Waals surface area contributed by atoms with Crippen LogP contribution in [0.5, 0.6) is 0 Å². The van der Waals surface area contributed by atoms with Gasteiger partial charge in [0.15, 0.2) is 5.65 Å². The van der Waals surface area contributed by atoms with E-state index in [1.54, 1.807) is 13.2 Å². The summed E-state index contributed by atoms with van der Waals surface area (Å²) in [4.78, 5) is 8.73. The molecule has 1 fully saturated rings. The van der Waals surface area contributed by atoms with Crippen LogP contribution in [-0.4, -0.2) is 46.5 Å². The number of aromatic amines is 1. The van der Waals surface area contributed by atoms with Gasteiger partial charge in [-0.15, -0.1) is 0 Å². The number of nitrogens with zero attached hydrogens (tertiary/aromatic N) is 3. The third-order valence-corrected chi connectivity index (χ3v) is 3.83. The fourth-order valence-corrected chi connectivity index (χ4v) is 2.71. The van der Waals surface area contributed by atoms with Crippen LogP contribution < -0.4 is 10.6 Å². The summed E-state index contributed by atoms with van der Waals surface area (Å²) in [5.41, 5.74) is 0.727. The fraction of sp³-hybridized carbons (Fsp3) is 0.643. The number of ether oxygens (including phenoxy) is 1. The summed E-state index contributed by atoms with van der Waals surface area (Å²) in [7, 11) is 1.80. The maximum absolute atomic E-state index is 5.91. The second-order valence-corrected chi connectivity index (χ2v) is 5.34. The van der Waals surface area contributed by atoms with Gasteiger partial charge in [0.1, 0.15) is 5.82 Å². The third kappa shape index (κ3) is 3.41. The average Bonchev–Trinajstić information content (AvgIpc) is 3.00. The molecule has 114 valence electrons. The van der Waals surface area contributed by atoms with Gasteiger partial charge in [-0.25, -0.2) is 0 Å². The van der Waals surface area contributed by atoms with Crippen molar-refractivity contribution < 1.29 is 4.74 Å². The van der Waals surface area contributed by atoms with E-state index in [0.717, 1.165) is 23.4 Å². The minimum Gasteiger partial charge on any atom is -0.376 e. The van der Waals surface area contributed by atoms with E-state index in [-0.39, 0.29) is 0 Å². The summed E-state index contributed by atoms with van der Waals surface area (Å²) in [5, 5.41) is 14.0. The van der Waals surface area contributed by atoms with Gasteiger partial charge in [0.05, 0.1) is 24.3 Å². The first-order valence-corrected chi connectivity index (χ1v) is 7.61. The second-order valence-electron chi connectivity index (χ2n) is 5.34. The summed E-state index contributed by atoms with van der Waals surface area (Å²) < 4.78 is 5.91. The first kappa shape index (κ1) is 14.1. The van der Waals surface area contributed by atoms with E-state index in [2.05, 4.69) is 30.8 Å². The highest BCUT2D eigenvalue weighted by atomic mass is 16.5. The van der Waals surface area contributed by atoms with Crippen molar-refractivity contribution in [3.63, 3.8) is 0 Å². The van der Waals surface area contributed by atoms with Gasteiger partial charge in [0, 0.05) is 13.6 Å². The molecule has 1 aliphatic carbocycles. The summed E-state index contributed by atoms with van der Waals surface area (Å²) in [6.45, 7) is 1.43. The maximum atomic E-state index is 5.91. The highest BCUT2D eigenvalue weighted by Gasteiger charge is 2.13. The molecule has 2 aromatic rings. The molecule has 7 nitrogen and oxygen atoms in total. The molecule has 3 N–H and O–H groups in total. The van der Waals surface area contributed by atoms with Crippen molar-refractivity contribution in [3.05, 3.63) is 6.20 Å². The Hall–Kier alpha value is -1.89. The van der Waals surface area contributed by atoms with E-state index in [9.17, 15) is 0 Å². The van der Waals surface area contributed by atoms with Crippen molar-refractivity contribution in [1.29, 1.82) is 0 Å². The van der Waals surface area contributed by atoms with E-state index in [1.165, 1.54) is 32.1 Å². The smallest absolute Gasteiger partial charge is 0.226 e. The number of nitrogens with one attached hydrogen (secondary N) is 3. The number of H-pyrrole nitrogens is 1. The van der Waals surface area contributed by atoms with Gasteiger partial charge in [0.2, 0.25) is 5.95 Å². The zero-order valence-electron chi connectivity index (χ0n) is 12.4. The van der Waals surface area contributed by atoms with Crippen LogP contribution in [0.2, 0.25) is 0 Å². The minimum absolute atomic E-state index is 0.438. The van der Waals surface area contributed by atoms with Crippen molar-refractivity contribution in [2.24, 2.45) is 0 Å². The average molecular weight is 290 g/mol. The van der Waals surface area contributed by atoms with Crippen LogP contribution in [-0.2, 0) is 4.74 Å². The van der Waals surface area contributed by atoms with E-state index in [0.29, 0.717) is 18.7 Å². The van der Waals surface area contributed by atoms with E-state index in [1.807, 2.05) is 0 Å². The molecule has 1 saturated carbocycles.